The van der Waals surface area contributed by atoms with Crippen molar-refractivity contribution >= 4 is 15.7 Å². The third-order valence-electron chi connectivity index (χ3n) is 2.60. The highest BCUT2D eigenvalue weighted by molar-refractivity contribution is 7.92. The zero-order valence-corrected chi connectivity index (χ0v) is 11.4. The molecule has 2 aromatic rings. The lowest BCUT2D eigenvalue weighted by atomic mass is 10.1. The summed E-state index contributed by atoms with van der Waals surface area (Å²) in [5, 5.41) is 8.79. The van der Waals surface area contributed by atoms with Crippen molar-refractivity contribution in [3.8, 4) is 0 Å². The van der Waals surface area contributed by atoms with Crippen LogP contribution in [-0.2, 0) is 10.0 Å². The van der Waals surface area contributed by atoms with Crippen molar-refractivity contribution in [3.05, 3.63) is 54.0 Å². The lowest BCUT2D eigenvalue weighted by Crippen LogP contribution is -2.16. The number of nitrogens with zero attached hydrogens (tertiary/aromatic N) is 1. The monoisotopic (exact) mass is 296 g/mol. The molecule has 2 N–H and O–H groups in total. The quantitative estimate of drug-likeness (QED) is 0.905. The van der Waals surface area contributed by atoms with Crippen LogP contribution in [0.5, 0.6) is 0 Å². The molecule has 1 heterocycles. The maximum Gasteiger partial charge on any atom is 0.282 e. The van der Waals surface area contributed by atoms with E-state index in [1.54, 1.807) is 19.1 Å². The molecule has 106 valence electrons. The summed E-state index contributed by atoms with van der Waals surface area (Å²) in [5.74, 6) is -0.924. The average molecular weight is 296 g/mol. The number of halogens is 1. The molecule has 7 heteroatoms. The molecule has 1 unspecified atom stereocenters. The normalized spacial score (nSPS) is 12.9. The van der Waals surface area contributed by atoms with Gasteiger partial charge in [-0.2, -0.15) is 8.42 Å². The van der Waals surface area contributed by atoms with Gasteiger partial charge in [0.05, 0.1) is 6.10 Å². The van der Waals surface area contributed by atoms with Gasteiger partial charge in [-0.25, -0.2) is 9.37 Å². The van der Waals surface area contributed by atoms with E-state index in [1.165, 1.54) is 24.4 Å². The fraction of sp³-hybridized carbons (Fsp3) is 0.154. The molecular formula is C13H13FN2O3S. The van der Waals surface area contributed by atoms with E-state index in [1.807, 2.05) is 0 Å². The van der Waals surface area contributed by atoms with Crippen LogP contribution >= 0.6 is 0 Å². The molecule has 1 aromatic carbocycles. The number of nitrogens with one attached hydrogen (secondary N) is 1. The Morgan fingerprint density at radius 2 is 2.05 bits per heavy atom. The highest BCUT2D eigenvalue weighted by Gasteiger charge is 2.20. The van der Waals surface area contributed by atoms with Gasteiger partial charge in [0.1, 0.15) is 0 Å². The molecule has 0 spiro atoms. The van der Waals surface area contributed by atoms with Gasteiger partial charge in [0.25, 0.3) is 10.0 Å². The number of hydrogen-bond acceptors (Lipinski definition) is 4. The minimum atomic E-state index is -4.10. The third kappa shape index (κ3) is 3.12. The molecule has 2 rings (SSSR count). The second-order valence-corrected chi connectivity index (χ2v) is 5.80. The highest BCUT2D eigenvalue weighted by Crippen LogP contribution is 2.20. The van der Waals surface area contributed by atoms with Crippen LogP contribution in [0.4, 0.5) is 10.1 Å². The lowest BCUT2D eigenvalue weighted by Gasteiger charge is -2.10. The fourth-order valence-corrected chi connectivity index (χ4v) is 2.69. The van der Waals surface area contributed by atoms with E-state index in [2.05, 4.69) is 9.71 Å². The number of aliphatic hydroxyl groups excluding tert-OH is 1. The van der Waals surface area contributed by atoms with Crippen LogP contribution < -0.4 is 4.72 Å². The first-order chi connectivity index (χ1) is 9.40. The summed E-state index contributed by atoms with van der Waals surface area (Å²) in [6.45, 7) is 1.56. The van der Waals surface area contributed by atoms with Crippen molar-refractivity contribution in [1.82, 2.24) is 4.98 Å². The van der Waals surface area contributed by atoms with Gasteiger partial charge in [0.2, 0.25) is 5.03 Å². The zero-order valence-electron chi connectivity index (χ0n) is 10.6. The standard InChI is InChI=1S/C13H13FN2O3S/c1-9(17)10-4-2-5-11(8-10)16-20(18,19)13-12(14)6-3-7-15-13/h2-9,16-17H,1H3. The number of benzene rings is 1. The smallest absolute Gasteiger partial charge is 0.282 e. The summed E-state index contributed by atoms with van der Waals surface area (Å²) in [7, 11) is -4.10. The summed E-state index contributed by atoms with van der Waals surface area (Å²) < 4.78 is 39.8. The SMILES string of the molecule is CC(O)c1cccc(NS(=O)(=O)c2ncccc2F)c1. The largest absolute Gasteiger partial charge is 0.389 e. The Morgan fingerprint density at radius 1 is 1.30 bits per heavy atom. The first kappa shape index (κ1) is 14.4. The Hall–Kier alpha value is -1.99. The molecule has 0 aliphatic heterocycles. The number of anilines is 1. The summed E-state index contributed by atoms with van der Waals surface area (Å²) in [5.41, 5.74) is 0.778. The lowest BCUT2D eigenvalue weighted by molar-refractivity contribution is 0.199. The minimum Gasteiger partial charge on any atom is -0.389 e. The molecule has 0 saturated heterocycles. The van der Waals surface area contributed by atoms with Crippen LogP contribution in [0.15, 0.2) is 47.6 Å². The molecule has 5 nitrogen and oxygen atoms in total. The van der Waals surface area contributed by atoms with Crippen LogP contribution in [0, 0.1) is 5.82 Å². The van der Waals surface area contributed by atoms with Gasteiger partial charge in [-0.05, 0) is 36.8 Å². The topological polar surface area (TPSA) is 79.3 Å². The second kappa shape index (κ2) is 5.56. The van der Waals surface area contributed by atoms with Gasteiger partial charge in [0, 0.05) is 11.9 Å². The molecule has 0 fully saturated rings. The Labute approximate surface area is 116 Å². The number of aliphatic hydroxyl groups is 1. The van der Waals surface area contributed by atoms with E-state index in [-0.39, 0.29) is 5.69 Å². The zero-order chi connectivity index (χ0) is 14.8. The maximum absolute atomic E-state index is 13.5. The molecule has 0 aliphatic rings. The van der Waals surface area contributed by atoms with Crippen LogP contribution in [0.3, 0.4) is 0 Å². The molecule has 1 atom stereocenters. The summed E-state index contributed by atoms with van der Waals surface area (Å²) in [4.78, 5) is 3.53. The van der Waals surface area contributed by atoms with Gasteiger partial charge < -0.3 is 5.11 Å². The van der Waals surface area contributed by atoms with Crippen LogP contribution in [0.25, 0.3) is 0 Å². The van der Waals surface area contributed by atoms with Crippen molar-refractivity contribution in [2.45, 2.75) is 18.1 Å². The molecule has 0 saturated carbocycles. The van der Waals surface area contributed by atoms with Gasteiger partial charge in [-0.1, -0.05) is 12.1 Å². The van der Waals surface area contributed by atoms with Crippen molar-refractivity contribution in [3.63, 3.8) is 0 Å². The van der Waals surface area contributed by atoms with Crippen molar-refractivity contribution in [2.24, 2.45) is 0 Å². The molecular weight excluding hydrogens is 283 g/mol. The van der Waals surface area contributed by atoms with Crippen molar-refractivity contribution in [2.75, 3.05) is 4.72 Å². The number of aromatic nitrogens is 1. The summed E-state index contributed by atoms with van der Waals surface area (Å²) >= 11 is 0. The molecule has 0 radical (unpaired) electrons. The van der Waals surface area contributed by atoms with E-state index in [4.69, 9.17) is 0 Å². The van der Waals surface area contributed by atoms with Gasteiger partial charge in [0.15, 0.2) is 5.82 Å². The number of rotatable bonds is 4. The molecule has 0 aliphatic carbocycles. The summed E-state index contributed by atoms with van der Waals surface area (Å²) in [6, 6.07) is 8.56. The Bertz CT molecular complexity index is 717. The van der Waals surface area contributed by atoms with E-state index < -0.39 is 27.0 Å². The van der Waals surface area contributed by atoms with E-state index >= 15 is 0 Å². The Morgan fingerprint density at radius 3 is 2.70 bits per heavy atom. The fourth-order valence-electron chi connectivity index (χ4n) is 1.63. The second-order valence-electron chi connectivity index (χ2n) is 4.20. The average Bonchev–Trinajstić information content (AvgIpc) is 2.38. The Kier molecular flexibility index (Phi) is 4.01. The highest BCUT2D eigenvalue weighted by atomic mass is 32.2. The van der Waals surface area contributed by atoms with Crippen molar-refractivity contribution < 1.29 is 17.9 Å². The molecule has 20 heavy (non-hydrogen) atoms. The molecule has 1 aromatic heterocycles. The van der Waals surface area contributed by atoms with Crippen molar-refractivity contribution in [1.29, 1.82) is 0 Å². The predicted molar refractivity (Wildman–Crippen MR) is 72.1 cm³/mol. The van der Waals surface area contributed by atoms with E-state index in [0.29, 0.717) is 5.56 Å². The first-order valence-corrected chi connectivity index (χ1v) is 7.30. The number of pyridine rings is 1. The Balaban J connectivity index is 2.34. The van der Waals surface area contributed by atoms with Gasteiger partial charge in [-0.15, -0.1) is 0 Å². The van der Waals surface area contributed by atoms with Gasteiger partial charge >= 0.3 is 0 Å². The maximum atomic E-state index is 13.5. The minimum absolute atomic E-state index is 0.230. The predicted octanol–water partition coefficient (Wildman–Crippen LogP) is 2.07. The summed E-state index contributed by atoms with van der Waals surface area (Å²) in [6.07, 6.45) is 0.468. The van der Waals surface area contributed by atoms with Crippen LogP contribution in [0.1, 0.15) is 18.6 Å². The van der Waals surface area contributed by atoms with Gasteiger partial charge in [-0.3, -0.25) is 4.72 Å². The van der Waals surface area contributed by atoms with Crippen LogP contribution in [-0.4, -0.2) is 18.5 Å². The number of sulfonamides is 1. The van der Waals surface area contributed by atoms with E-state index in [9.17, 15) is 17.9 Å². The first-order valence-electron chi connectivity index (χ1n) is 5.81. The number of hydrogen-bond donors (Lipinski definition) is 2. The molecule has 0 bridgehead atoms. The van der Waals surface area contributed by atoms with E-state index in [0.717, 1.165) is 6.07 Å². The van der Waals surface area contributed by atoms with Crippen LogP contribution in [0.2, 0.25) is 0 Å². The third-order valence-corrected chi connectivity index (χ3v) is 3.91. The molecule has 0 amide bonds.